The summed E-state index contributed by atoms with van der Waals surface area (Å²) < 4.78 is 15.5. The molecule has 0 aliphatic carbocycles. The maximum absolute atomic E-state index is 13.6. The minimum Gasteiger partial charge on any atom is -0.333 e. The summed E-state index contributed by atoms with van der Waals surface area (Å²) in [5, 5.41) is 0. The second-order valence-corrected chi connectivity index (χ2v) is 3.85. The van der Waals surface area contributed by atoms with Gasteiger partial charge in [0.25, 0.3) is 0 Å². The lowest BCUT2D eigenvalue weighted by Gasteiger charge is -2.14. The normalized spacial score (nSPS) is 12.6. The van der Waals surface area contributed by atoms with Crippen LogP contribution in [0.4, 0.5) is 4.39 Å². The van der Waals surface area contributed by atoms with Crippen LogP contribution in [-0.2, 0) is 6.54 Å². The minimum absolute atomic E-state index is 0.397. The zero-order valence-electron chi connectivity index (χ0n) is 9.68. The topological polar surface area (TPSA) is 56.7 Å². The Morgan fingerprint density at radius 1 is 1.47 bits per heavy atom. The number of nitrogens with zero attached hydrogens (tertiary/aromatic N) is 3. The first kappa shape index (κ1) is 11.7. The number of aryl methyl sites for hydroxylation is 1. The van der Waals surface area contributed by atoms with Crippen molar-refractivity contribution in [1.29, 1.82) is 0 Å². The summed E-state index contributed by atoms with van der Waals surface area (Å²) in [4.78, 5) is 7.91. The van der Waals surface area contributed by atoms with Gasteiger partial charge in [-0.15, -0.1) is 0 Å². The molecule has 0 saturated heterocycles. The molecule has 5 heteroatoms. The lowest BCUT2D eigenvalue weighted by atomic mass is 10.1. The quantitative estimate of drug-likeness (QED) is 0.878. The SMILES string of the molecule is CCCn1ccnc1C(N)c1ccncc1F. The molecule has 0 spiro atoms. The van der Waals surface area contributed by atoms with Crippen molar-refractivity contribution < 1.29 is 4.39 Å². The number of hydrogen-bond acceptors (Lipinski definition) is 3. The molecule has 0 fully saturated rings. The van der Waals surface area contributed by atoms with Crippen LogP contribution in [0.5, 0.6) is 0 Å². The van der Waals surface area contributed by atoms with E-state index in [9.17, 15) is 4.39 Å². The maximum Gasteiger partial charge on any atom is 0.146 e. The highest BCUT2D eigenvalue weighted by Gasteiger charge is 2.17. The molecular weight excluding hydrogens is 219 g/mol. The predicted octanol–water partition coefficient (Wildman–Crippen LogP) is 1.88. The molecule has 17 heavy (non-hydrogen) atoms. The molecule has 2 aromatic heterocycles. The lowest BCUT2D eigenvalue weighted by Crippen LogP contribution is -2.19. The van der Waals surface area contributed by atoms with Gasteiger partial charge in [-0.05, 0) is 12.5 Å². The number of rotatable bonds is 4. The van der Waals surface area contributed by atoms with Crippen molar-refractivity contribution in [3.05, 3.63) is 48.1 Å². The Balaban J connectivity index is 2.34. The summed E-state index contributed by atoms with van der Waals surface area (Å²) in [6.45, 7) is 2.90. The highest BCUT2D eigenvalue weighted by atomic mass is 19.1. The number of pyridine rings is 1. The van der Waals surface area contributed by atoms with Gasteiger partial charge in [-0.25, -0.2) is 9.37 Å². The molecule has 0 bridgehead atoms. The summed E-state index contributed by atoms with van der Waals surface area (Å²) in [5.41, 5.74) is 6.46. The smallest absolute Gasteiger partial charge is 0.146 e. The molecule has 0 saturated carbocycles. The molecule has 0 aliphatic rings. The van der Waals surface area contributed by atoms with Crippen molar-refractivity contribution in [2.75, 3.05) is 0 Å². The zero-order chi connectivity index (χ0) is 12.3. The van der Waals surface area contributed by atoms with Gasteiger partial charge in [0.05, 0.1) is 12.2 Å². The second-order valence-electron chi connectivity index (χ2n) is 3.85. The molecular formula is C12H15FN4. The van der Waals surface area contributed by atoms with E-state index in [2.05, 4.69) is 16.9 Å². The highest BCUT2D eigenvalue weighted by molar-refractivity contribution is 5.23. The Morgan fingerprint density at radius 2 is 2.29 bits per heavy atom. The molecule has 0 aliphatic heterocycles. The summed E-state index contributed by atoms with van der Waals surface area (Å²) in [6, 6.07) is 1.03. The molecule has 0 radical (unpaired) electrons. The van der Waals surface area contributed by atoms with E-state index in [1.807, 2.05) is 10.8 Å². The van der Waals surface area contributed by atoms with Crippen molar-refractivity contribution in [1.82, 2.24) is 14.5 Å². The number of aromatic nitrogens is 3. The van der Waals surface area contributed by atoms with Crippen LogP contribution in [0.2, 0.25) is 0 Å². The van der Waals surface area contributed by atoms with Crippen LogP contribution in [0.3, 0.4) is 0 Å². The second kappa shape index (κ2) is 5.05. The Kier molecular flexibility index (Phi) is 3.49. The van der Waals surface area contributed by atoms with Crippen LogP contribution in [0.1, 0.15) is 30.8 Å². The fourth-order valence-electron chi connectivity index (χ4n) is 1.81. The van der Waals surface area contributed by atoms with E-state index in [0.717, 1.165) is 13.0 Å². The lowest BCUT2D eigenvalue weighted by molar-refractivity contribution is 0.567. The molecule has 90 valence electrons. The van der Waals surface area contributed by atoms with E-state index >= 15 is 0 Å². The minimum atomic E-state index is -0.556. The first-order valence-corrected chi connectivity index (χ1v) is 5.60. The fraction of sp³-hybridized carbons (Fsp3) is 0.333. The molecule has 1 atom stereocenters. The molecule has 0 aromatic carbocycles. The fourth-order valence-corrected chi connectivity index (χ4v) is 1.81. The Hall–Kier alpha value is -1.75. The van der Waals surface area contributed by atoms with E-state index in [1.165, 1.54) is 12.4 Å². The third kappa shape index (κ3) is 2.34. The summed E-state index contributed by atoms with van der Waals surface area (Å²) >= 11 is 0. The van der Waals surface area contributed by atoms with E-state index in [1.54, 1.807) is 12.3 Å². The van der Waals surface area contributed by atoms with Gasteiger partial charge in [0, 0.05) is 30.7 Å². The molecule has 0 amide bonds. The molecule has 1 unspecified atom stereocenters. The van der Waals surface area contributed by atoms with Gasteiger partial charge in [-0.2, -0.15) is 0 Å². The summed E-state index contributed by atoms with van der Waals surface area (Å²) in [5.74, 6) is 0.281. The molecule has 2 heterocycles. The van der Waals surface area contributed by atoms with Crippen molar-refractivity contribution >= 4 is 0 Å². The van der Waals surface area contributed by atoms with E-state index in [-0.39, 0.29) is 0 Å². The van der Waals surface area contributed by atoms with Gasteiger partial charge in [0.1, 0.15) is 11.6 Å². The number of hydrogen-bond donors (Lipinski definition) is 1. The van der Waals surface area contributed by atoms with Crippen molar-refractivity contribution in [2.45, 2.75) is 25.9 Å². The summed E-state index contributed by atoms with van der Waals surface area (Å²) in [7, 11) is 0. The maximum atomic E-state index is 13.6. The molecule has 2 N–H and O–H groups in total. The van der Waals surface area contributed by atoms with E-state index < -0.39 is 11.9 Å². The van der Waals surface area contributed by atoms with Gasteiger partial charge >= 0.3 is 0 Å². The van der Waals surface area contributed by atoms with Crippen LogP contribution in [0, 0.1) is 5.82 Å². The van der Waals surface area contributed by atoms with E-state index in [4.69, 9.17) is 5.73 Å². The predicted molar refractivity (Wildman–Crippen MR) is 62.7 cm³/mol. The Morgan fingerprint density at radius 3 is 3.00 bits per heavy atom. The number of imidazole rings is 1. The van der Waals surface area contributed by atoms with Crippen molar-refractivity contribution in [3.8, 4) is 0 Å². The molecule has 4 nitrogen and oxygen atoms in total. The van der Waals surface area contributed by atoms with E-state index in [0.29, 0.717) is 11.4 Å². The number of halogens is 1. The van der Waals surface area contributed by atoms with Crippen LogP contribution in [-0.4, -0.2) is 14.5 Å². The monoisotopic (exact) mass is 234 g/mol. The Labute approximate surface area is 99.3 Å². The third-order valence-electron chi connectivity index (χ3n) is 2.63. The van der Waals surface area contributed by atoms with Gasteiger partial charge < -0.3 is 10.3 Å². The van der Waals surface area contributed by atoms with Gasteiger partial charge in [0.15, 0.2) is 0 Å². The van der Waals surface area contributed by atoms with Crippen LogP contribution >= 0.6 is 0 Å². The molecule has 2 aromatic rings. The third-order valence-corrected chi connectivity index (χ3v) is 2.63. The van der Waals surface area contributed by atoms with Crippen LogP contribution in [0.15, 0.2) is 30.9 Å². The highest BCUT2D eigenvalue weighted by Crippen LogP contribution is 2.20. The van der Waals surface area contributed by atoms with Gasteiger partial charge in [-0.1, -0.05) is 6.92 Å². The first-order chi connectivity index (χ1) is 8.24. The van der Waals surface area contributed by atoms with Gasteiger partial charge in [0.2, 0.25) is 0 Å². The largest absolute Gasteiger partial charge is 0.333 e. The first-order valence-electron chi connectivity index (χ1n) is 5.60. The van der Waals surface area contributed by atoms with Crippen molar-refractivity contribution in [3.63, 3.8) is 0 Å². The average molecular weight is 234 g/mol. The van der Waals surface area contributed by atoms with Gasteiger partial charge in [-0.3, -0.25) is 4.98 Å². The molecule has 2 rings (SSSR count). The van der Waals surface area contributed by atoms with Crippen molar-refractivity contribution in [2.24, 2.45) is 5.73 Å². The summed E-state index contributed by atoms with van der Waals surface area (Å²) in [6.07, 6.45) is 7.23. The standard InChI is InChI=1S/C12H15FN4/c1-2-6-17-7-5-16-12(17)11(14)9-3-4-15-8-10(9)13/h3-5,7-8,11H,2,6,14H2,1H3. The average Bonchev–Trinajstić information content (AvgIpc) is 2.78. The van der Waals surface area contributed by atoms with Crippen LogP contribution < -0.4 is 5.73 Å². The van der Waals surface area contributed by atoms with Crippen LogP contribution in [0.25, 0.3) is 0 Å². The Bertz CT molecular complexity index is 495. The zero-order valence-corrected chi connectivity index (χ0v) is 9.68. The number of nitrogens with two attached hydrogens (primary N) is 1.